The van der Waals surface area contributed by atoms with Gasteiger partial charge in [0.25, 0.3) is 5.91 Å². The standard InChI is InChI=1S/C27H47N5O4.C3H8/c1-8-17(3)29-25(35)22(33)19(16-18-12-10-13-18)30-24(34)20-14-11-15-32(20)26(36)23(27(4,5)6)31-21(9-2)28-7;1-3-2/h9,17-20,23,28,31H,8,10-16H2,1-7H3,(H,29,35)(H,30,34);3H2,1-2H3/b21-9-;. The summed E-state index contributed by atoms with van der Waals surface area (Å²) in [5, 5.41) is 11.9. The molecule has 1 saturated carbocycles. The number of amides is 3. The van der Waals surface area contributed by atoms with Crippen molar-refractivity contribution in [3.05, 3.63) is 11.9 Å². The highest BCUT2D eigenvalue weighted by atomic mass is 16.2. The maximum absolute atomic E-state index is 13.7. The Kier molecular flexibility index (Phi) is 14.6. The zero-order chi connectivity index (χ0) is 29.8. The van der Waals surface area contributed by atoms with Gasteiger partial charge in [0.1, 0.15) is 12.1 Å². The SMILES string of the molecule is C/C=C(/NC)NC(C(=O)N1CCCC1C(=O)NC(CC1CCC1)C(=O)C(=O)NC(C)CC)C(C)(C)C.CCC. The van der Waals surface area contributed by atoms with Gasteiger partial charge in [-0.2, -0.15) is 0 Å². The lowest BCUT2D eigenvalue weighted by Crippen LogP contribution is -2.58. The van der Waals surface area contributed by atoms with Gasteiger partial charge in [-0.25, -0.2) is 0 Å². The van der Waals surface area contributed by atoms with Gasteiger partial charge in [0.2, 0.25) is 17.6 Å². The monoisotopic (exact) mass is 549 g/mol. The van der Waals surface area contributed by atoms with Crippen LogP contribution in [-0.4, -0.2) is 66.2 Å². The van der Waals surface area contributed by atoms with Gasteiger partial charge >= 0.3 is 0 Å². The molecule has 0 aromatic rings. The number of hydrogen-bond donors (Lipinski definition) is 4. The molecule has 0 aromatic carbocycles. The van der Waals surface area contributed by atoms with E-state index in [1.54, 1.807) is 11.9 Å². The number of nitrogens with zero attached hydrogens (tertiary/aromatic N) is 1. The van der Waals surface area contributed by atoms with Gasteiger partial charge < -0.3 is 26.2 Å². The molecule has 1 aliphatic carbocycles. The van der Waals surface area contributed by atoms with Crippen molar-refractivity contribution >= 4 is 23.5 Å². The van der Waals surface area contributed by atoms with Gasteiger partial charge in [-0.05, 0) is 56.9 Å². The molecule has 2 fully saturated rings. The fourth-order valence-electron chi connectivity index (χ4n) is 4.69. The molecule has 224 valence electrons. The summed E-state index contributed by atoms with van der Waals surface area (Å²) in [5.41, 5.74) is -0.400. The summed E-state index contributed by atoms with van der Waals surface area (Å²) in [6.07, 6.45) is 8.62. The lowest BCUT2D eigenvalue weighted by molar-refractivity contribution is -0.144. The summed E-state index contributed by atoms with van der Waals surface area (Å²) in [5.74, 6) is -0.702. The van der Waals surface area contributed by atoms with E-state index in [9.17, 15) is 19.2 Å². The van der Waals surface area contributed by atoms with E-state index in [2.05, 4.69) is 35.1 Å². The largest absolute Gasteiger partial charge is 0.375 e. The van der Waals surface area contributed by atoms with Crippen LogP contribution in [0.15, 0.2) is 11.9 Å². The number of likely N-dealkylation sites (tertiary alicyclic amines) is 1. The average Bonchev–Trinajstić information content (AvgIpc) is 3.35. The molecule has 0 radical (unpaired) electrons. The quantitative estimate of drug-likeness (QED) is 0.276. The van der Waals surface area contributed by atoms with Gasteiger partial charge in [0.05, 0.1) is 11.9 Å². The molecule has 4 unspecified atom stereocenters. The molecule has 4 N–H and O–H groups in total. The molecule has 0 bridgehead atoms. The van der Waals surface area contributed by atoms with E-state index in [1.807, 2.05) is 47.6 Å². The molecule has 0 spiro atoms. The first-order valence-electron chi connectivity index (χ1n) is 14.9. The maximum atomic E-state index is 13.7. The molecular formula is C30H55N5O4. The third-order valence-electron chi connectivity index (χ3n) is 7.45. The van der Waals surface area contributed by atoms with Crippen LogP contribution in [0.2, 0.25) is 0 Å². The van der Waals surface area contributed by atoms with E-state index in [4.69, 9.17) is 0 Å². The highest BCUT2D eigenvalue weighted by Crippen LogP contribution is 2.31. The average molecular weight is 550 g/mol. The van der Waals surface area contributed by atoms with Crippen LogP contribution >= 0.6 is 0 Å². The second-order valence-corrected chi connectivity index (χ2v) is 12.0. The van der Waals surface area contributed by atoms with Crippen molar-refractivity contribution in [1.82, 2.24) is 26.2 Å². The number of carbonyl (C=O) groups is 4. The Morgan fingerprint density at radius 3 is 2.05 bits per heavy atom. The summed E-state index contributed by atoms with van der Waals surface area (Å²) < 4.78 is 0. The van der Waals surface area contributed by atoms with Crippen molar-refractivity contribution in [1.29, 1.82) is 0 Å². The molecule has 1 saturated heterocycles. The molecule has 9 heteroatoms. The first-order chi connectivity index (χ1) is 18.3. The van der Waals surface area contributed by atoms with Gasteiger partial charge in [-0.3, -0.25) is 19.2 Å². The fraction of sp³-hybridized carbons (Fsp3) is 0.800. The van der Waals surface area contributed by atoms with Gasteiger partial charge in [0.15, 0.2) is 0 Å². The number of hydrogen-bond acceptors (Lipinski definition) is 6. The van der Waals surface area contributed by atoms with E-state index in [-0.39, 0.29) is 17.9 Å². The van der Waals surface area contributed by atoms with Crippen LogP contribution in [0.5, 0.6) is 0 Å². The summed E-state index contributed by atoms with van der Waals surface area (Å²) in [4.78, 5) is 54.4. The first kappa shape index (κ1) is 34.4. The first-order valence-corrected chi connectivity index (χ1v) is 14.9. The Hall–Kier alpha value is -2.58. The lowest BCUT2D eigenvalue weighted by atomic mass is 9.80. The lowest BCUT2D eigenvalue weighted by Gasteiger charge is -2.37. The normalized spacial score (nSPS) is 20.0. The minimum absolute atomic E-state index is 0.119. The summed E-state index contributed by atoms with van der Waals surface area (Å²) in [6, 6.07) is -2.20. The minimum Gasteiger partial charge on any atom is -0.375 e. The maximum Gasteiger partial charge on any atom is 0.289 e. The molecule has 2 rings (SSSR count). The van der Waals surface area contributed by atoms with E-state index in [0.717, 1.165) is 25.1 Å². The molecule has 0 aromatic heterocycles. The third-order valence-corrected chi connectivity index (χ3v) is 7.45. The minimum atomic E-state index is -0.875. The van der Waals surface area contributed by atoms with Gasteiger partial charge in [-0.1, -0.05) is 67.2 Å². The van der Waals surface area contributed by atoms with Crippen LogP contribution in [0.1, 0.15) is 107 Å². The van der Waals surface area contributed by atoms with Crippen LogP contribution in [0.3, 0.4) is 0 Å². The molecule has 4 atom stereocenters. The molecule has 39 heavy (non-hydrogen) atoms. The van der Waals surface area contributed by atoms with Crippen LogP contribution in [0.4, 0.5) is 0 Å². The number of nitrogens with one attached hydrogen (secondary N) is 4. The van der Waals surface area contributed by atoms with Gasteiger partial charge in [0, 0.05) is 19.6 Å². The number of carbonyl (C=O) groups excluding carboxylic acids is 4. The topological polar surface area (TPSA) is 120 Å². The Bertz CT molecular complexity index is 847. The molecule has 1 heterocycles. The zero-order valence-electron chi connectivity index (χ0n) is 25.9. The third kappa shape index (κ3) is 10.5. The van der Waals surface area contributed by atoms with Gasteiger partial charge in [-0.15, -0.1) is 0 Å². The number of ketones is 1. The number of allylic oxidation sites excluding steroid dienone is 1. The Morgan fingerprint density at radius 1 is 0.974 bits per heavy atom. The molecule has 9 nitrogen and oxygen atoms in total. The molecular weight excluding hydrogens is 494 g/mol. The van der Waals surface area contributed by atoms with Crippen molar-refractivity contribution in [2.45, 2.75) is 131 Å². The Balaban J connectivity index is 0.00000242. The summed E-state index contributed by atoms with van der Waals surface area (Å²) in [7, 11) is 1.79. The molecule has 3 amide bonds. The fourth-order valence-corrected chi connectivity index (χ4v) is 4.69. The smallest absolute Gasteiger partial charge is 0.289 e. The second kappa shape index (κ2) is 16.5. The van der Waals surface area contributed by atoms with Crippen molar-refractivity contribution in [2.24, 2.45) is 11.3 Å². The summed E-state index contributed by atoms with van der Waals surface area (Å²) >= 11 is 0. The zero-order valence-corrected chi connectivity index (χ0v) is 25.9. The van der Waals surface area contributed by atoms with E-state index in [1.165, 1.54) is 6.42 Å². The Labute approximate surface area is 236 Å². The number of rotatable bonds is 12. The predicted molar refractivity (Wildman–Crippen MR) is 157 cm³/mol. The predicted octanol–water partition coefficient (Wildman–Crippen LogP) is 3.64. The molecule has 2 aliphatic rings. The van der Waals surface area contributed by atoms with E-state index >= 15 is 0 Å². The van der Waals surface area contributed by atoms with Crippen LogP contribution in [0, 0.1) is 11.3 Å². The van der Waals surface area contributed by atoms with Crippen LogP contribution in [-0.2, 0) is 19.2 Å². The van der Waals surface area contributed by atoms with Crippen molar-refractivity contribution in [2.75, 3.05) is 13.6 Å². The van der Waals surface area contributed by atoms with E-state index < -0.39 is 35.2 Å². The van der Waals surface area contributed by atoms with Crippen molar-refractivity contribution in [3.63, 3.8) is 0 Å². The van der Waals surface area contributed by atoms with E-state index in [0.29, 0.717) is 38.1 Å². The molecule has 1 aliphatic heterocycles. The highest BCUT2D eigenvalue weighted by molar-refractivity contribution is 6.38. The second-order valence-electron chi connectivity index (χ2n) is 12.0. The number of Topliss-reactive ketones (excluding diaryl/α,β-unsaturated/α-hetero) is 1. The highest BCUT2D eigenvalue weighted by Gasteiger charge is 2.42. The summed E-state index contributed by atoms with van der Waals surface area (Å²) in [6.45, 7) is 16.3. The Morgan fingerprint density at radius 2 is 1.59 bits per heavy atom. The van der Waals surface area contributed by atoms with Crippen molar-refractivity contribution < 1.29 is 19.2 Å². The van der Waals surface area contributed by atoms with Crippen LogP contribution < -0.4 is 21.3 Å². The van der Waals surface area contributed by atoms with Crippen molar-refractivity contribution in [3.8, 4) is 0 Å². The van der Waals surface area contributed by atoms with Crippen LogP contribution in [0.25, 0.3) is 0 Å².